The van der Waals surface area contributed by atoms with E-state index in [1.54, 1.807) is 25.0 Å². The summed E-state index contributed by atoms with van der Waals surface area (Å²) in [5, 5.41) is 7.07. The highest BCUT2D eigenvalue weighted by atomic mass is 16.5. The zero-order valence-electron chi connectivity index (χ0n) is 15.4. The Morgan fingerprint density at radius 1 is 1.35 bits per heavy atom. The molecule has 0 fully saturated rings. The minimum Gasteiger partial charge on any atom is -0.385 e. The van der Waals surface area contributed by atoms with Crippen LogP contribution in [-0.4, -0.2) is 65.3 Å². The largest absolute Gasteiger partial charge is 0.385 e. The standard InChI is InChI=1S/C18H25N5O3/c1-4-15-14(12-21-23(15)16-8-5-6-9-19-16)18(25)22(2)13-17(24)20-10-7-11-26-3/h5-6,8-9,12H,4,7,10-11,13H2,1-3H3,(H,20,24). The third kappa shape index (κ3) is 4.89. The summed E-state index contributed by atoms with van der Waals surface area (Å²) in [5.41, 5.74) is 1.24. The molecule has 0 aliphatic heterocycles. The van der Waals surface area contributed by atoms with Crippen molar-refractivity contribution in [2.75, 3.05) is 33.9 Å². The Hall–Kier alpha value is -2.74. The molecule has 0 aliphatic carbocycles. The van der Waals surface area contributed by atoms with Crippen molar-refractivity contribution in [1.82, 2.24) is 25.0 Å². The van der Waals surface area contributed by atoms with Crippen molar-refractivity contribution in [1.29, 1.82) is 0 Å². The highest BCUT2D eigenvalue weighted by Gasteiger charge is 2.21. The third-order valence-electron chi connectivity index (χ3n) is 3.88. The second-order valence-corrected chi connectivity index (χ2v) is 5.82. The number of nitrogens with one attached hydrogen (secondary N) is 1. The number of likely N-dealkylation sites (N-methyl/N-ethyl adjacent to an activating group) is 1. The van der Waals surface area contributed by atoms with Gasteiger partial charge in [0.1, 0.15) is 0 Å². The van der Waals surface area contributed by atoms with Crippen molar-refractivity contribution in [3.8, 4) is 5.82 Å². The van der Waals surface area contributed by atoms with Crippen LogP contribution in [0.4, 0.5) is 0 Å². The fourth-order valence-corrected chi connectivity index (χ4v) is 2.56. The van der Waals surface area contributed by atoms with Gasteiger partial charge in [0.2, 0.25) is 5.91 Å². The van der Waals surface area contributed by atoms with Crippen molar-refractivity contribution in [3.05, 3.63) is 41.9 Å². The topological polar surface area (TPSA) is 89.4 Å². The van der Waals surface area contributed by atoms with Gasteiger partial charge in [-0.15, -0.1) is 0 Å². The smallest absolute Gasteiger partial charge is 0.257 e. The van der Waals surface area contributed by atoms with E-state index in [4.69, 9.17) is 4.74 Å². The molecule has 0 atom stereocenters. The fourth-order valence-electron chi connectivity index (χ4n) is 2.56. The maximum absolute atomic E-state index is 12.7. The van der Waals surface area contributed by atoms with Gasteiger partial charge in [-0.3, -0.25) is 9.59 Å². The second-order valence-electron chi connectivity index (χ2n) is 5.82. The van der Waals surface area contributed by atoms with E-state index < -0.39 is 0 Å². The molecule has 0 saturated carbocycles. The molecule has 0 aromatic carbocycles. The van der Waals surface area contributed by atoms with Gasteiger partial charge < -0.3 is 15.0 Å². The molecule has 1 N–H and O–H groups in total. The van der Waals surface area contributed by atoms with E-state index in [2.05, 4.69) is 15.4 Å². The van der Waals surface area contributed by atoms with Crippen LogP contribution in [-0.2, 0) is 16.0 Å². The predicted octanol–water partition coefficient (Wildman–Crippen LogP) is 1.05. The Kier molecular flexibility index (Phi) is 7.28. The van der Waals surface area contributed by atoms with Gasteiger partial charge in [-0.2, -0.15) is 5.10 Å². The number of carbonyl (C=O) groups excluding carboxylic acids is 2. The normalized spacial score (nSPS) is 10.6. The summed E-state index contributed by atoms with van der Waals surface area (Å²) in [7, 11) is 3.22. The first kappa shape index (κ1) is 19.6. The van der Waals surface area contributed by atoms with Gasteiger partial charge in [0, 0.05) is 33.5 Å². The van der Waals surface area contributed by atoms with E-state index in [0.717, 1.165) is 12.1 Å². The highest BCUT2D eigenvalue weighted by molar-refractivity contribution is 5.97. The number of methoxy groups -OCH3 is 1. The summed E-state index contributed by atoms with van der Waals surface area (Å²) in [6, 6.07) is 5.52. The number of pyridine rings is 1. The first-order chi connectivity index (χ1) is 12.6. The molecule has 2 amide bonds. The summed E-state index contributed by atoms with van der Waals surface area (Å²) >= 11 is 0. The molecule has 8 nitrogen and oxygen atoms in total. The van der Waals surface area contributed by atoms with Crippen LogP contribution in [0.25, 0.3) is 5.82 Å². The maximum Gasteiger partial charge on any atom is 0.257 e. The minimum absolute atomic E-state index is 0.0102. The van der Waals surface area contributed by atoms with Crippen LogP contribution in [0.3, 0.4) is 0 Å². The zero-order valence-corrected chi connectivity index (χ0v) is 15.4. The lowest BCUT2D eigenvalue weighted by molar-refractivity contribution is -0.121. The molecule has 0 radical (unpaired) electrons. The second kappa shape index (κ2) is 9.67. The number of hydrogen-bond acceptors (Lipinski definition) is 5. The SMILES string of the molecule is CCc1c(C(=O)N(C)CC(=O)NCCCOC)cnn1-c1ccccn1. The molecule has 0 unspecified atom stereocenters. The zero-order chi connectivity index (χ0) is 18.9. The Labute approximate surface area is 153 Å². The average molecular weight is 359 g/mol. The Bertz CT molecular complexity index is 730. The third-order valence-corrected chi connectivity index (χ3v) is 3.88. The lowest BCUT2D eigenvalue weighted by atomic mass is 10.2. The molecule has 0 aliphatic rings. The van der Waals surface area contributed by atoms with Crippen LogP contribution in [0, 0.1) is 0 Å². The molecule has 0 bridgehead atoms. The van der Waals surface area contributed by atoms with Gasteiger partial charge in [0.15, 0.2) is 5.82 Å². The molecule has 26 heavy (non-hydrogen) atoms. The van der Waals surface area contributed by atoms with E-state index in [0.29, 0.717) is 31.0 Å². The Morgan fingerprint density at radius 3 is 2.81 bits per heavy atom. The molecule has 2 aromatic heterocycles. The Morgan fingerprint density at radius 2 is 2.15 bits per heavy atom. The first-order valence-corrected chi connectivity index (χ1v) is 8.57. The molecule has 8 heteroatoms. The maximum atomic E-state index is 12.7. The molecule has 2 rings (SSSR count). The lowest BCUT2D eigenvalue weighted by Gasteiger charge is -2.17. The minimum atomic E-state index is -0.240. The van der Waals surface area contributed by atoms with E-state index in [1.165, 1.54) is 11.1 Å². The van der Waals surface area contributed by atoms with Gasteiger partial charge in [-0.05, 0) is 25.0 Å². The molecular weight excluding hydrogens is 334 g/mol. The number of rotatable bonds is 9. The van der Waals surface area contributed by atoms with E-state index in [9.17, 15) is 9.59 Å². The molecule has 140 valence electrons. The van der Waals surface area contributed by atoms with Crippen molar-refractivity contribution >= 4 is 11.8 Å². The van der Waals surface area contributed by atoms with Crippen molar-refractivity contribution < 1.29 is 14.3 Å². The molecular formula is C18H25N5O3. The molecule has 0 spiro atoms. The van der Waals surface area contributed by atoms with Gasteiger partial charge in [0.05, 0.1) is 24.0 Å². The van der Waals surface area contributed by atoms with Crippen LogP contribution in [0.1, 0.15) is 29.4 Å². The average Bonchev–Trinajstić information content (AvgIpc) is 3.09. The van der Waals surface area contributed by atoms with Crippen LogP contribution in [0.15, 0.2) is 30.6 Å². The number of carbonyl (C=O) groups is 2. The first-order valence-electron chi connectivity index (χ1n) is 8.57. The van der Waals surface area contributed by atoms with Gasteiger partial charge >= 0.3 is 0 Å². The van der Waals surface area contributed by atoms with E-state index in [-0.39, 0.29) is 18.4 Å². The van der Waals surface area contributed by atoms with Gasteiger partial charge in [0.25, 0.3) is 5.91 Å². The Balaban J connectivity index is 2.05. The van der Waals surface area contributed by atoms with Gasteiger partial charge in [-0.1, -0.05) is 13.0 Å². The molecule has 2 aromatic rings. The summed E-state index contributed by atoms with van der Waals surface area (Å²) in [6.45, 7) is 3.05. The quantitative estimate of drug-likeness (QED) is 0.676. The summed E-state index contributed by atoms with van der Waals surface area (Å²) < 4.78 is 6.59. The predicted molar refractivity (Wildman–Crippen MR) is 97.2 cm³/mol. The number of amides is 2. The molecule has 0 saturated heterocycles. The van der Waals surface area contributed by atoms with Gasteiger partial charge in [-0.25, -0.2) is 9.67 Å². The van der Waals surface area contributed by atoms with Crippen LogP contribution < -0.4 is 5.32 Å². The summed E-state index contributed by atoms with van der Waals surface area (Å²) in [4.78, 5) is 30.4. The van der Waals surface area contributed by atoms with Crippen molar-refractivity contribution in [2.45, 2.75) is 19.8 Å². The van der Waals surface area contributed by atoms with Crippen LogP contribution in [0.5, 0.6) is 0 Å². The fraction of sp³-hybridized carbons (Fsp3) is 0.444. The monoisotopic (exact) mass is 359 g/mol. The number of ether oxygens (including phenoxy) is 1. The summed E-state index contributed by atoms with van der Waals surface area (Å²) in [6.07, 6.45) is 4.56. The summed E-state index contributed by atoms with van der Waals surface area (Å²) in [5.74, 6) is 0.213. The number of hydrogen-bond donors (Lipinski definition) is 1. The van der Waals surface area contributed by atoms with Crippen molar-refractivity contribution in [3.63, 3.8) is 0 Å². The van der Waals surface area contributed by atoms with Crippen LogP contribution >= 0.6 is 0 Å². The van der Waals surface area contributed by atoms with E-state index in [1.807, 2.05) is 25.1 Å². The lowest BCUT2D eigenvalue weighted by Crippen LogP contribution is -2.39. The van der Waals surface area contributed by atoms with Crippen molar-refractivity contribution in [2.24, 2.45) is 0 Å². The number of aromatic nitrogens is 3. The van der Waals surface area contributed by atoms with Crippen LogP contribution in [0.2, 0.25) is 0 Å². The van der Waals surface area contributed by atoms with E-state index >= 15 is 0 Å². The highest BCUT2D eigenvalue weighted by Crippen LogP contribution is 2.15. The molecule has 2 heterocycles. The number of nitrogens with zero attached hydrogens (tertiary/aromatic N) is 4.